The number of nitrogens with zero attached hydrogens (tertiary/aromatic N) is 1. The molecule has 0 heterocycles. The van der Waals surface area contributed by atoms with Crippen LogP contribution in [0.4, 0.5) is 0 Å². The third-order valence-corrected chi connectivity index (χ3v) is 2.93. The first-order chi connectivity index (χ1) is 6.21. The van der Waals surface area contributed by atoms with Crippen molar-refractivity contribution >= 4 is 5.78 Å². The molecule has 1 atom stereocenters. The fraction of sp³-hybridized carbons (Fsp3) is 0.636. The van der Waals surface area contributed by atoms with Gasteiger partial charge in [-0.15, -0.1) is 0 Å². The Balaban J connectivity index is 2.70. The molecule has 70 valence electrons. The van der Waals surface area contributed by atoms with Crippen molar-refractivity contribution in [1.29, 1.82) is 5.26 Å². The lowest BCUT2D eigenvalue weighted by atomic mass is 9.71. The number of carbonyl (C=O) groups excluding carboxylic acids is 1. The number of hydrogen-bond donors (Lipinski definition) is 0. The molecule has 0 aliphatic heterocycles. The molecule has 1 unspecified atom stereocenters. The van der Waals surface area contributed by atoms with E-state index in [1.54, 1.807) is 6.92 Å². The van der Waals surface area contributed by atoms with Gasteiger partial charge in [0.25, 0.3) is 0 Å². The average molecular weight is 177 g/mol. The summed E-state index contributed by atoms with van der Waals surface area (Å²) in [5.41, 5.74) is -0.218. The van der Waals surface area contributed by atoms with Crippen molar-refractivity contribution in [3.63, 3.8) is 0 Å². The number of carbonyl (C=O) groups is 1. The molecule has 1 aliphatic rings. The molecule has 0 saturated carbocycles. The maximum atomic E-state index is 11.5. The van der Waals surface area contributed by atoms with Gasteiger partial charge in [0.1, 0.15) is 5.78 Å². The molecule has 0 aromatic heterocycles. The highest BCUT2D eigenvalue weighted by Gasteiger charge is 2.34. The lowest BCUT2D eigenvalue weighted by Gasteiger charge is -2.31. The first-order valence-corrected chi connectivity index (χ1v) is 4.74. The fourth-order valence-corrected chi connectivity index (χ4v) is 1.91. The summed E-state index contributed by atoms with van der Waals surface area (Å²) in [7, 11) is 0. The van der Waals surface area contributed by atoms with Crippen molar-refractivity contribution in [3.8, 4) is 6.07 Å². The molecular weight excluding hydrogens is 162 g/mol. The summed E-state index contributed by atoms with van der Waals surface area (Å²) in [6.45, 7) is 1.65. The SMILES string of the molecule is CC(=O)C1(CCC#N)CC=CCC1. The molecule has 0 bridgehead atoms. The van der Waals surface area contributed by atoms with Crippen LogP contribution in [0.15, 0.2) is 12.2 Å². The number of Topliss-reactive ketones (excluding diaryl/α,β-unsaturated/α-hetero) is 1. The number of rotatable bonds is 3. The van der Waals surface area contributed by atoms with Gasteiger partial charge in [0.05, 0.1) is 6.07 Å². The maximum absolute atomic E-state index is 11.5. The van der Waals surface area contributed by atoms with Gasteiger partial charge in [0.2, 0.25) is 0 Å². The van der Waals surface area contributed by atoms with Crippen molar-refractivity contribution in [2.45, 2.75) is 39.0 Å². The lowest BCUT2D eigenvalue weighted by molar-refractivity contribution is -0.127. The highest BCUT2D eigenvalue weighted by Crippen LogP contribution is 2.37. The van der Waals surface area contributed by atoms with Crippen LogP contribution >= 0.6 is 0 Å². The highest BCUT2D eigenvalue weighted by atomic mass is 16.1. The van der Waals surface area contributed by atoms with Gasteiger partial charge in [0.15, 0.2) is 0 Å². The van der Waals surface area contributed by atoms with Crippen LogP contribution in [0.2, 0.25) is 0 Å². The molecule has 0 saturated heterocycles. The van der Waals surface area contributed by atoms with Gasteiger partial charge in [-0.3, -0.25) is 4.79 Å². The molecule has 0 spiro atoms. The Morgan fingerprint density at radius 2 is 2.38 bits per heavy atom. The predicted molar refractivity (Wildman–Crippen MR) is 51.0 cm³/mol. The van der Waals surface area contributed by atoms with Gasteiger partial charge in [-0.25, -0.2) is 0 Å². The minimum atomic E-state index is -0.218. The summed E-state index contributed by atoms with van der Waals surface area (Å²) in [4.78, 5) is 11.5. The molecule has 2 heteroatoms. The Labute approximate surface area is 79.2 Å². The molecule has 0 N–H and O–H groups in total. The number of allylic oxidation sites excluding steroid dienone is 2. The van der Waals surface area contributed by atoms with Gasteiger partial charge >= 0.3 is 0 Å². The molecule has 13 heavy (non-hydrogen) atoms. The van der Waals surface area contributed by atoms with E-state index in [1.165, 1.54) is 0 Å². The standard InChI is InChI=1S/C11H15NO/c1-10(13)11(8-5-9-12)6-3-2-4-7-11/h2-3H,4-8H2,1H3. The summed E-state index contributed by atoms with van der Waals surface area (Å²) in [5, 5.41) is 8.51. The van der Waals surface area contributed by atoms with Crippen molar-refractivity contribution in [3.05, 3.63) is 12.2 Å². The minimum Gasteiger partial charge on any atom is -0.299 e. The Morgan fingerprint density at radius 1 is 1.62 bits per heavy atom. The Morgan fingerprint density at radius 3 is 2.85 bits per heavy atom. The summed E-state index contributed by atoms with van der Waals surface area (Å²) >= 11 is 0. The Kier molecular flexibility index (Phi) is 3.25. The monoisotopic (exact) mass is 177 g/mol. The van der Waals surface area contributed by atoms with Crippen LogP contribution in [0.3, 0.4) is 0 Å². The quantitative estimate of drug-likeness (QED) is 0.622. The minimum absolute atomic E-state index is 0.218. The van der Waals surface area contributed by atoms with Crippen molar-refractivity contribution in [2.75, 3.05) is 0 Å². The van der Waals surface area contributed by atoms with Crippen LogP contribution in [0.5, 0.6) is 0 Å². The number of nitriles is 1. The zero-order valence-corrected chi connectivity index (χ0v) is 8.05. The largest absolute Gasteiger partial charge is 0.299 e. The van der Waals surface area contributed by atoms with Gasteiger partial charge < -0.3 is 0 Å². The summed E-state index contributed by atoms with van der Waals surface area (Å²) < 4.78 is 0. The lowest BCUT2D eigenvalue weighted by Crippen LogP contribution is -2.30. The first-order valence-electron chi connectivity index (χ1n) is 4.74. The number of hydrogen-bond acceptors (Lipinski definition) is 2. The average Bonchev–Trinajstić information content (AvgIpc) is 2.16. The second-order valence-corrected chi connectivity index (χ2v) is 3.71. The van der Waals surface area contributed by atoms with Crippen LogP contribution in [-0.2, 0) is 4.79 Å². The van der Waals surface area contributed by atoms with Crippen molar-refractivity contribution in [1.82, 2.24) is 0 Å². The van der Waals surface area contributed by atoms with Gasteiger partial charge in [-0.05, 0) is 32.6 Å². The van der Waals surface area contributed by atoms with E-state index in [1.807, 2.05) is 0 Å². The van der Waals surface area contributed by atoms with E-state index in [-0.39, 0.29) is 11.2 Å². The summed E-state index contributed by atoms with van der Waals surface area (Å²) in [5.74, 6) is 0.243. The van der Waals surface area contributed by atoms with Crippen LogP contribution < -0.4 is 0 Å². The Bertz CT molecular complexity index is 262. The van der Waals surface area contributed by atoms with Crippen LogP contribution in [-0.4, -0.2) is 5.78 Å². The normalized spacial score (nSPS) is 26.8. The molecular formula is C11H15NO. The van der Waals surface area contributed by atoms with E-state index in [2.05, 4.69) is 18.2 Å². The summed E-state index contributed by atoms with van der Waals surface area (Å²) in [6.07, 6.45) is 8.13. The van der Waals surface area contributed by atoms with Crippen LogP contribution in [0.1, 0.15) is 39.0 Å². The van der Waals surface area contributed by atoms with Gasteiger partial charge in [0, 0.05) is 11.8 Å². The third-order valence-electron chi connectivity index (χ3n) is 2.93. The molecule has 0 aromatic rings. The summed E-state index contributed by atoms with van der Waals surface area (Å²) in [6, 6.07) is 2.12. The third kappa shape index (κ3) is 2.18. The van der Waals surface area contributed by atoms with Crippen molar-refractivity contribution in [2.24, 2.45) is 5.41 Å². The van der Waals surface area contributed by atoms with Crippen LogP contribution in [0, 0.1) is 16.7 Å². The molecule has 0 amide bonds. The highest BCUT2D eigenvalue weighted by molar-refractivity contribution is 5.82. The second-order valence-electron chi connectivity index (χ2n) is 3.71. The van der Waals surface area contributed by atoms with E-state index in [0.29, 0.717) is 6.42 Å². The van der Waals surface area contributed by atoms with Gasteiger partial charge in [-0.1, -0.05) is 12.2 Å². The molecule has 0 aromatic carbocycles. The van der Waals surface area contributed by atoms with Gasteiger partial charge in [-0.2, -0.15) is 5.26 Å². The first kappa shape index (κ1) is 9.98. The molecule has 1 rings (SSSR count). The zero-order chi connectivity index (χ0) is 9.73. The van der Waals surface area contributed by atoms with E-state index in [9.17, 15) is 4.79 Å². The zero-order valence-electron chi connectivity index (χ0n) is 8.05. The molecule has 2 nitrogen and oxygen atoms in total. The predicted octanol–water partition coefficient (Wildman–Crippen LogP) is 2.61. The van der Waals surface area contributed by atoms with E-state index >= 15 is 0 Å². The van der Waals surface area contributed by atoms with Crippen LogP contribution in [0.25, 0.3) is 0 Å². The van der Waals surface area contributed by atoms with E-state index < -0.39 is 0 Å². The van der Waals surface area contributed by atoms with Crippen molar-refractivity contribution < 1.29 is 4.79 Å². The second kappa shape index (κ2) is 4.23. The molecule has 1 aliphatic carbocycles. The molecule has 0 radical (unpaired) electrons. The topological polar surface area (TPSA) is 40.9 Å². The fourth-order valence-electron chi connectivity index (χ4n) is 1.91. The number of ketones is 1. The molecule has 0 fully saturated rings. The maximum Gasteiger partial charge on any atom is 0.136 e. The van der Waals surface area contributed by atoms with E-state index in [0.717, 1.165) is 25.7 Å². The van der Waals surface area contributed by atoms with E-state index in [4.69, 9.17) is 5.26 Å². The smallest absolute Gasteiger partial charge is 0.136 e. The Hall–Kier alpha value is -1.10.